The third-order valence-corrected chi connectivity index (χ3v) is 5.59. The minimum atomic E-state index is -3.53. The van der Waals surface area contributed by atoms with Crippen LogP contribution >= 0.6 is 0 Å². The molecule has 1 heterocycles. The Balaban J connectivity index is 2.09. The SMILES string of the molecule is CCNCc1ccc(S(=O)(=O)NC2CCCC2(C)C)nc1. The highest BCUT2D eigenvalue weighted by atomic mass is 32.2. The zero-order valence-corrected chi connectivity index (χ0v) is 13.8. The van der Waals surface area contributed by atoms with Gasteiger partial charge < -0.3 is 5.32 Å². The summed E-state index contributed by atoms with van der Waals surface area (Å²) in [7, 11) is -3.53. The second-order valence-corrected chi connectivity index (χ2v) is 8.00. The van der Waals surface area contributed by atoms with E-state index in [0.29, 0.717) is 6.54 Å². The van der Waals surface area contributed by atoms with Gasteiger partial charge in [0.05, 0.1) is 0 Å². The molecule has 0 amide bonds. The van der Waals surface area contributed by atoms with E-state index in [9.17, 15) is 8.42 Å². The second kappa shape index (κ2) is 6.42. The number of pyridine rings is 1. The van der Waals surface area contributed by atoms with Crippen molar-refractivity contribution < 1.29 is 8.42 Å². The van der Waals surface area contributed by atoms with Crippen molar-refractivity contribution in [1.82, 2.24) is 15.0 Å². The van der Waals surface area contributed by atoms with E-state index in [1.807, 2.05) is 13.0 Å². The second-order valence-electron chi connectivity index (χ2n) is 6.34. The highest BCUT2D eigenvalue weighted by Gasteiger charge is 2.37. The summed E-state index contributed by atoms with van der Waals surface area (Å²) < 4.78 is 27.6. The molecule has 1 aromatic heterocycles. The van der Waals surface area contributed by atoms with Gasteiger partial charge >= 0.3 is 0 Å². The van der Waals surface area contributed by atoms with Gasteiger partial charge in [-0.05, 0) is 36.4 Å². The molecule has 6 heteroatoms. The van der Waals surface area contributed by atoms with Crippen molar-refractivity contribution in [3.05, 3.63) is 23.9 Å². The molecule has 1 unspecified atom stereocenters. The van der Waals surface area contributed by atoms with E-state index in [-0.39, 0.29) is 16.5 Å². The standard InChI is InChI=1S/C15H25N3O2S/c1-4-16-10-12-7-8-14(17-11-12)21(19,20)18-13-6-5-9-15(13,2)3/h7-8,11,13,16,18H,4-6,9-10H2,1-3H3. The van der Waals surface area contributed by atoms with E-state index in [1.54, 1.807) is 12.3 Å². The lowest BCUT2D eigenvalue weighted by atomic mass is 9.88. The summed E-state index contributed by atoms with van der Waals surface area (Å²) in [6.45, 7) is 7.82. The molecule has 1 aliphatic carbocycles. The first-order valence-electron chi connectivity index (χ1n) is 7.53. The Morgan fingerprint density at radius 1 is 1.38 bits per heavy atom. The first-order valence-corrected chi connectivity index (χ1v) is 9.01. The van der Waals surface area contributed by atoms with Gasteiger partial charge in [-0.3, -0.25) is 0 Å². The zero-order chi connectivity index (χ0) is 15.5. The van der Waals surface area contributed by atoms with Gasteiger partial charge in [-0.15, -0.1) is 0 Å². The maximum atomic E-state index is 12.4. The van der Waals surface area contributed by atoms with Crippen molar-refractivity contribution in [2.45, 2.75) is 57.6 Å². The van der Waals surface area contributed by atoms with Gasteiger partial charge in [0.1, 0.15) is 0 Å². The smallest absolute Gasteiger partial charge is 0.258 e. The van der Waals surface area contributed by atoms with Crippen molar-refractivity contribution in [2.24, 2.45) is 5.41 Å². The van der Waals surface area contributed by atoms with Gasteiger partial charge in [0.15, 0.2) is 5.03 Å². The Morgan fingerprint density at radius 3 is 2.67 bits per heavy atom. The van der Waals surface area contributed by atoms with E-state index in [1.165, 1.54) is 0 Å². The van der Waals surface area contributed by atoms with Crippen LogP contribution < -0.4 is 10.0 Å². The molecule has 1 saturated carbocycles. The normalized spacial score (nSPS) is 21.6. The summed E-state index contributed by atoms with van der Waals surface area (Å²) in [5.41, 5.74) is 0.995. The number of hydrogen-bond donors (Lipinski definition) is 2. The van der Waals surface area contributed by atoms with Crippen molar-refractivity contribution in [3.8, 4) is 0 Å². The van der Waals surface area contributed by atoms with E-state index >= 15 is 0 Å². The summed E-state index contributed by atoms with van der Waals surface area (Å²) in [6, 6.07) is 3.38. The Morgan fingerprint density at radius 2 is 2.14 bits per heavy atom. The molecule has 2 rings (SSSR count). The molecular weight excluding hydrogens is 286 g/mol. The first kappa shape index (κ1) is 16.4. The van der Waals surface area contributed by atoms with Crippen molar-refractivity contribution in [1.29, 1.82) is 0 Å². The van der Waals surface area contributed by atoms with E-state index in [0.717, 1.165) is 31.4 Å². The number of nitrogens with one attached hydrogen (secondary N) is 2. The maximum Gasteiger partial charge on any atom is 0.258 e. The Kier molecular flexibility index (Phi) is 5.01. The van der Waals surface area contributed by atoms with Crippen LogP contribution in [0.25, 0.3) is 0 Å². The molecule has 118 valence electrons. The molecular formula is C15H25N3O2S. The van der Waals surface area contributed by atoms with Gasteiger partial charge in [-0.1, -0.05) is 33.3 Å². The quantitative estimate of drug-likeness (QED) is 0.843. The molecule has 5 nitrogen and oxygen atoms in total. The van der Waals surface area contributed by atoms with Crippen LogP contribution in [0.1, 0.15) is 45.6 Å². The molecule has 0 aliphatic heterocycles. The van der Waals surface area contributed by atoms with Crippen LogP contribution in [0.2, 0.25) is 0 Å². The van der Waals surface area contributed by atoms with Crippen LogP contribution in [0.3, 0.4) is 0 Å². The Hall–Kier alpha value is -0.980. The number of sulfonamides is 1. The topological polar surface area (TPSA) is 71.1 Å². The minimum Gasteiger partial charge on any atom is -0.313 e. The lowest BCUT2D eigenvalue weighted by Crippen LogP contribution is -2.41. The molecule has 0 saturated heterocycles. The van der Waals surface area contributed by atoms with Gasteiger partial charge in [0.2, 0.25) is 0 Å². The fourth-order valence-corrected chi connectivity index (χ4v) is 4.11. The van der Waals surface area contributed by atoms with Crippen molar-refractivity contribution in [2.75, 3.05) is 6.54 Å². The molecule has 1 fully saturated rings. The van der Waals surface area contributed by atoms with Crippen LogP contribution in [0.4, 0.5) is 0 Å². The number of hydrogen-bond acceptors (Lipinski definition) is 4. The van der Waals surface area contributed by atoms with Crippen LogP contribution in [-0.4, -0.2) is 26.0 Å². The fourth-order valence-electron chi connectivity index (χ4n) is 2.74. The highest BCUT2D eigenvalue weighted by Crippen LogP contribution is 2.37. The third-order valence-electron chi connectivity index (χ3n) is 4.21. The van der Waals surface area contributed by atoms with E-state index < -0.39 is 10.0 Å². The summed E-state index contributed by atoms with van der Waals surface area (Å²) in [5.74, 6) is 0. The molecule has 0 radical (unpaired) electrons. The molecule has 0 bridgehead atoms. The van der Waals surface area contributed by atoms with Crippen molar-refractivity contribution >= 4 is 10.0 Å². The fraction of sp³-hybridized carbons (Fsp3) is 0.667. The largest absolute Gasteiger partial charge is 0.313 e. The van der Waals surface area contributed by atoms with Crippen LogP contribution in [0, 0.1) is 5.41 Å². The molecule has 1 aromatic rings. The molecule has 1 atom stereocenters. The highest BCUT2D eigenvalue weighted by molar-refractivity contribution is 7.89. The summed E-state index contributed by atoms with van der Waals surface area (Å²) in [4.78, 5) is 4.10. The molecule has 2 N–H and O–H groups in total. The molecule has 0 spiro atoms. The average molecular weight is 311 g/mol. The lowest BCUT2D eigenvalue weighted by molar-refractivity contribution is 0.312. The summed E-state index contributed by atoms with van der Waals surface area (Å²) in [6.07, 6.45) is 4.63. The van der Waals surface area contributed by atoms with Gasteiger partial charge in [-0.2, -0.15) is 0 Å². The molecule has 21 heavy (non-hydrogen) atoms. The van der Waals surface area contributed by atoms with E-state index in [2.05, 4.69) is 28.9 Å². The zero-order valence-electron chi connectivity index (χ0n) is 13.0. The number of nitrogens with zero attached hydrogens (tertiary/aromatic N) is 1. The van der Waals surface area contributed by atoms with Crippen LogP contribution in [0.5, 0.6) is 0 Å². The monoisotopic (exact) mass is 311 g/mol. The minimum absolute atomic E-state index is 0.00858. The van der Waals surface area contributed by atoms with Crippen LogP contribution in [-0.2, 0) is 16.6 Å². The van der Waals surface area contributed by atoms with E-state index in [4.69, 9.17) is 0 Å². The number of aromatic nitrogens is 1. The molecule has 0 aromatic carbocycles. The summed E-state index contributed by atoms with van der Waals surface area (Å²) >= 11 is 0. The molecule has 1 aliphatic rings. The van der Waals surface area contributed by atoms with Gasteiger partial charge in [0.25, 0.3) is 10.0 Å². The first-order chi connectivity index (χ1) is 9.85. The van der Waals surface area contributed by atoms with Gasteiger partial charge in [-0.25, -0.2) is 18.1 Å². The Bertz CT molecular complexity index is 567. The Labute approximate surface area is 127 Å². The average Bonchev–Trinajstić information content (AvgIpc) is 2.75. The predicted octanol–water partition coefficient (Wildman–Crippen LogP) is 2.05. The number of rotatable bonds is 6. The third kappa shape index (κ3) is 4.02. The van der Waals surface area contributed by atoms with Gasteiger partial charge in [0, 0.05) is 18.8 Å². The summed E-state index contributed by atoms with van der Waals surface area (Å²) in [5, 5.41) is 3.29. The lowest BCUT2D eigenvalue weighted by Gasteiger charge is -2.27. The van der Waals surface area contributed by atoms with Crippen LogP contribution in [0.15, 0.2) is 23.4 Å². The van der Waals surface area contributed by atoms with Crippen molar-refractivity contribution in [3.63, 3.8) is 0 Å². The maximum absolute atomic E-state index is 12.4. The predicted molar refractivity (Wildman–Crippen MR) is 83.4 cm³/mol.